The van der Waals surface area contributed by atoms with Crippen LogP contribution < -0.4 is 5.73 Å². The van der Waals surface area contributed by atoms with Gasteiger partial charge in [-0.3, -0.25) is 4.79 Å². The van der Waals surface area contributed by atoms with Gasteiger partial charge in [-0.25, -0.2) is 0 Å². The summed E-state index contributed by atoms with van der Waals surface area (Å²) in [4.78, 5) is 11.0. The Hall–Kier alpha value is -0.770. The fourth-order valence-electron chi connectivity index (χ4n) is 2.09. The highest BCUT2D eigenvalue weighted by molar-refractivity contribution is 6.35. The molecule has 1 aromatic carbocycles. The van der Waals surface area contributed by atoms with Crippen LogP contribution >= 0.6 is 23.2 Å². The van der Waals surface area contributed by atoms with Gasteiger partial charge in [0.15, 0.2) is 0 Å². The molecule has 3 N–H and O–H groups in total. The predicted molar refractivity (Wildman–Crippen MR) is 78.7 cm³/mol. The molecule has 0 bridgehead atoms. The van der Waals surface area contributed by atoms with E-state index >= 15 is 0 Å². The molecule has 0 saturated carbocycles. The number of carbonyl (C=O) groups is 1. The zero-order chi connectivity index (χ0) is 14.4. The first-order valence-corrected chi connectivity index (χ1v) is 7.10. The molecule has 0 aliphatic carbocycles. The Morgan fingerprint density at radius 2 is 2.11 bits per heavy atom. The monoisotopic (exact) mass is 303 g/mol. The van der Waals surface area contributed by atoms with E-state index in [2.05, 4.69) is 0 Å². The lowest BCUT2D eigenvalue weighted by molar-refractivity contribution is -0.142. The number of aliphatic carboxylic acids is 1. The Morgan fingerprint density at radius 3 is 2.58 bits per heavy atom. The average Bonchev–Trinajstić information content (AvgIpc) is 2.36. The van der Waals surface area contributed by atoms with Gasteiger partial charge in [0.2, 0.25) is 0 Å². The Morgan fingerprint density at radius 1 is 1.42 bits per heavy atom. The summed E-state index contributed by atoms with van der Waals surface area (Å²) in [5.41, 5.74) is 6.49. The topological polar surface area (TPSA) is 63.3 Å². The van der Waals surface area contributed by atoms with E-state index in [0.717, 1.165) is 18.4 Å². The van der Waals surface area contributed by atoms with Crippen LogP contribution in [0.2, 0.25) is 10.0 Å². The second-order valence-corrected chi connectivity index (χ2v) is 5.56. The van der Waals surface area contributed by atoms with Crippen molar-refractivity contribution in [3.8, 4) is 0 Å². The molecule has 106 valence electrons. The van der Waals surface area contributed by atoms with Gasteiger partial charge in [0.25, 0.3) is 0 Å². The predicted octanol–water partition coefficient (Wildman–Crippen LogP) is 3.61. The number of hydrogen-bond acceptors (Lipinski definition) is 2. The average molecular weight is 304 g/mol. The van der Waals surface area contributed by atoms with Gasteiger partial charge in [-0.1, -0.05) is 42.6 Å². The number of halogens is 2. The van der Waals surface area contributed by atoms with Crippen molar-refractivity contribution >= 4 is 29.2 Å². The molecular weight excluding hydrogens is 285 g/mol. The molecule has 0 fully saturated rings. The van der Waals surface area contributed by atoms with Crippen LogP contribution in [0, 0.1) is 11.8 Å². The zero-order valence-corrected chi connectivity index (χ0v) is 12.4. The van der Waals surface area contributed by atoms with Crippen LogP contribution in [0.5, 0.6) is 0 Å². The molecule has 3 nitrogen and oxygen atoms in total. The highest BCUT2D eigenvalue weighted by atomic mass is 35.5. The van der Waals surface area contributed by atoms with Gasteiger partial charge in [-0.2, -0.15) is 0 Å². The van der Waals surface area contributed by atoms with Crippen molar-refractivity contribution in [2.75, 3.05) is 6.54 Å². The van der Waals surface area contributed by atoms with Gasteiger partial charge in [0, 0.05) is 16.6 Å². The molecule has 0 spiro atoms. The van der Waals surface area contributed by atoms with Crippen molar-refractivity contribution < 1.29 is 9.90 Å². The molecule has 0 heterocycles. The van der Waals surface area contributed by atoms with Crippen molar-refractivity contribution in [1.29, 1.82) is 0 Å². The van der Waals surface area contributed by atoms with E-state index in [-0.39, 0.29) is 12.5 Å². The number of carboxylic acid groups (broad SMARTS) is 1. The summed E-state index contributed by atoms with van der Waals surface area (Å²) < 4.78 is 0. The molecule has 0 saturated heterocycles. The highest BCUT2D eigenvalue weighted by Crippen LogP contribution is 2.27. The van der Waals surface area contributed by atoms with Crippen LogP contribution in [0.1, 0.15) is 25.3 Å². The lowest BCUT2D eigenvalue weighted by Crippen LogP contribution is -2.26. The fourth-order valence-corrected chi connectivity index (χ4v) is 2.58. The summed E-state index contributed by atoms with van der Waals surface area (Å²) in [6.07, 6.45) is 2.21. The summed E-state index contributed by atoms with van der Waals surface area (Å²) in [5.74, 6) is -1.07. The van der Waals surface area contributed by atoms with E-state index in [9.17, 15) is 4.79 Å². The molecule has 1 aromatic rings. The first-order chi connectivity index (χ1) is 8.97. The van der Waals surface area contributed by atoms with Crippen LogP contribution in [-0.2, 0) is 11.2 Å². The molecule has 0 aliphatic rings. The third kappa shape index (κ3) is 5.01. The van der Waals surface area contributed by atoms with Crippen LogP contribution in [0.4, 0.5) is 0 Å². The molecule has 0 aliphatic heterocycles. The summed E-state index contributed by atoms with van der Waals surface area (Å²) in [6.45, 7) is 2.21. The van der Waals surface area contributed by atoms with Crippen LogP contribution in [0.15, 0.2) is 18.2 Å². The second-order valence-electron chi connectivity index (χ2n) is 4.72. The van der Waals surface area contributed by atoms with Crippen molar-refractivity contribution in [3.63, 3.8) is 0 Å². The number of carboxylic acids is 1. The molecule has 1 rings (SSSR count). The van der Waals surface area contributed by atoms with Crippen molar-refractivity contribution in [1.82, 2.24) is 0 Å². The number of benzene rings is 1. The SMILES string of the molecule is CCC(Cc1ccc(Cl)cc1Cl)CC(CN)C(=O)O. The van der Waals surface area contributed by atoms with Crippen molar-refractivity contribution in [2.24, 2.45) is 17.6 Å². The third-order valence-electron chi connectivity index (χ3n) is 3.35. The van der Waals surface area contributed by atoms with Gasteiger partial charge in [-0.15, -0.1) is 0 Å². The fraction of sp³-hybridized carbons (Fsp3) is 0.500. The largest absolute Gasteiger partial charge is 0.481 e. The van der Waals surface area contributed by atoms with E-state index in [0.29, 0.717) is 16.5 Å². The third-order valence-corrected chi connectivity index (χ3v) is 3.94. The molecule has 0 amide bonds. The lowest BCUT2D eigenvalue weighted by atomic mass is 9.87. The van der Waals surface area contributed by atoms with E-state index < -0.39 is 11.9 Å². The van der Waals surface area contributed by atoms with Gasteiger partial charge >= 0.3 is 5.97 Å². The maximum Gasteiger partial charge on any atom is 0.307 e. The lowest BCUT2D eigenvalue weighted by Gasteiger charge is -2.19. The quantitative estimate of drug-likeness (QED) is 0.809. The Kier molecular flexibility index (Phi) is 6.63. The molecular formula is C14H19Cl2NO2. The minimum Gasteiger partial charge on any atom is -0.481 e. The van der Waals surface area contributed by atoms with E-state index in [1.54, 1.807) is 12.1 Å². The first-order valence-electron chi connectivity index (χ1n) is 6.34. The second kappa shape index (κ2) is 7.73. The molecule has 2 atom stereocenters. The number of rotatable bonds is 7. The van der Waals surface area contributed by atoms with Crippen molar-refractivity contribution in [2.45, 2.75) is 26.2 Å². The van der Waals surface area contributed by atoms with Gasteiger partial charge < -0.3 is 10.8 Å². The molecule has 19 heavy (non-hydrogen) atoms. The van der Waals surface area contributed by atoms with E-state index in [1.807, 2.05) is 13.0 Å². The minimum atomic E-state index is -0.830. The number of hydrogen-bond donors (Lipinski definition) is 2. The zero-order valence-electron chi connectivity index (χ0n) is 10.9. The van der Waals surface area contributed by atoms with Gasteiger partial charge in [-0.05, 0) is 36.5 Å². The summed E-state index contributed by atoms with van der Waals surface area (Å²) >= 11 is 12.0. The maximum absolute atomic E-state index is 11.0. The van der Waals surface area contributed by atoms with E-state index in [1.165, 1.54) is 0 Å². The standard InChI is InChI=1S/C14H19Cl2NO2/c1-2-9(6-11(8-17)14(18)19)5-10-3-4-12(15)7-13(10)16/h3-4,7,9,11H,2,5-6,8,17H2,1H3,(H,18,19). The van der Waals surface area contributed by atoms with Crippen LogP contribution in [0.25, 0.3) is 0 Å². The van der Waals surface area contributed by atoms with Gasteiger partial charge in [0.1, 0.15) is 0 Å². The summed E-state index contributed by atoms with van der Waals surface area (Å²) in [6, 6.07) is 5.40. The minimum absolute atomic E-state index is 0.167. The highest BCUT2D eigenvalue weighted by Gasteiger charge is 2.21. The van der Waals surface area contributed by atoms with Gasteiger partial charge in [0.05, 0.1) is 5.92 Å². The normalized spacial score (nSPS) is 14.1. The maximum atomic E-state index is 11.0. The summed E-state index contributed by atoms with van der Waals surface area (Å²) in [7, 11) is 0. The first kappa shape index (κ1) is 16.3. The Bertz CT molecular complexity index is 437. The van der Waals surface area contributed by atoms with Crippen LogP contribution in [0.3, 0.4) is 0 Å². The Labute approximate surface area is 123 Å². The molecule has 2 unspecified atom stereocenters. The Balaban J connectivity index is 2.73. The molecule has 5 heteroatoms. The smallest absolute Gasteiger partial charge is 0.307 e. The van der Waals surface area contributed by atoms with Crippen molar-refractivity contribution in [3.05, 3.63) is 33.8 Å². The molecule has 0 radical (unpaired) electrons. The number of nitrogens with two attached hydrogens (primary N) is 1. The van der Waals surface area contributed by atoms with E-state index in [4.69, 9.17) is 34.0 Å². The van der Waals surface area contributed by atoms with Crippen LogP contribution in [-0.4, -0.2) is 17.6 Å². The molecule has 0 aromatic heterocycles. The summed E-state index contributed by atoms with van der Waals surface area (Å²) in [5, 5.41) is 10.3.